The van der Waals surface area contributed by atoms with Gasteiger partial charge in [0.15, 0.2) is 0 Å². The van der Waals surface area contributed by atoms with Gasteiger partial charge in [-0.15, -0.1) is 0 Å². The minimum absolute atomic E-state index is 0.0467. The van der Waals surface area contributed by atoms with Crippen molar-refractivity contribution in [2.24, 2.45) is 11.1 Å². The normalized spacial score (nSPS) is 32.7. The topological polar surface area (TPSA) is 35.2 Å². The average molecular weight is 324 g/mol. The minimum Gasteiger partial charge on any atom is -0.487 e. The maximum absolute atomic E-state index is 6.44. The predicted molar refractivity (Wildman–Crippen MR) is 81.3 cm³/mol. The summed E-state index contributed by atoms with van der Waals surface area (Å²) in [4.78, 5) is 0. The van der Waals surface area contributed by atoms with Gasteiger partial charge < -0.3 is 10.5 Å². The average Bonchev–Trinajstić information content (AvgIpc) is 2.25. The second-order valence-electron chi connectivity index (χ2n) is 6.97. The lowest BCUT2D eigenvalue weighted by Gasteiger charge is -2.48. The summed E-state index contributed by atoms with van der Waals surface area (Å²) in [6.45, 7) is 4.69. The third kappa shape index (κ3) is 2.55. The van der Waals surface area contributed by atoms with E-state index >= 15 is 0 Å². The van der Waals surface area contributed by atoms with E-state index in [2.05, 4.69) is 41.9 Å². The smallest absolute Gasteiger partial charge is 0.126 e. The van der Waals surface area contributed by atoms with Crippen molar-refractivity contribution in [3.63, 3.8) is 0 Å². The number of ether oxygens (including phenoxy) is 1. The van der Waals surface area contributed by atoms with Gasteiger partial charge in [-0.3, -0.25) is 0 Å². The third-order valence-electron chi connectivity index (χ3n) is 4.58. The van der Waals surface area contributed by atoms with Crippen LogP contribution in [0, 0.1) is 5.41 Å². The Morgan fingerprint density at radius 2 is 2.11 bits per heavy atom. The largest absolute Gasteiger partial charge is 0.487 e. The fourth-order valence-corrected chi connectivity index (χ4v) is 4.23. The molecule has 2 aliphatic rings. The molecule has 1 aromatic rings. The maximum atomic E-state index is 6.44. The SMILES string of the molecule is CC1(C)CCCC2(CC(N)c3ccc(Br)cc3O2)C1. The van der Waals surface area contributed by atoms with Gasteiger partial charge in [-0.2, -0.15) is 0 Å². The van der Waals surface area contributed by atoms with Gasteiger partial charge in [0.05, 0.1) is 0 Å². The van der Waals surface area contributed by atoms with Gasteiger partial charge in [0, 0.05) is 22.5 Å². The Hall–Kier alpha value is -0.540. The van der Waals surface area contributed by atoms with Crippen LogP contribution in [0.4, 0.5) is 0 Å². The highest BCUT2D eigenvalue weighted by Crippen LogP contribution is 2.50. The fourth-order valence-electron chi connectivity index (χ4n) is 3.89. The van der Waals surface area contributed by atoms with E-state index < -0.39 is 0 Å². The van der Waals surface area contributed by atoms with Gasteiger partial charge in [-0.05, 0) is 43.2 Å². The van der Waals surface area contributed by atoms with Gasteiger partial charge in [0.2, 0.25) is 0 Å². The molecular weight excluding hydrogens is 302 g/mol. The summed E-state index contributed by atoms with van der Waals surface area (Å²) in [6.07, 6.45) is 5.72. The number of hydrogen-bond acceptors (Lipinski definition) is 2. The van der Waals surface area contributed by atoms with E-state index in [1.165, 1.54) is 12.8 Å². The first-order valence-corrected chi connectivity index (χ1v) is 7.93. The molecule has 2 atom stereocenters. The quantitative estimate of drug-likeness (QED) is 0.759. The second kappa shape index (κ2) is 4.49. The molecule has 1 spiro atoms. The predicted octanol–water partition coefficient (Wildman–Crippen LogP) is 4.57. The second-order valence-corrected chi connectivity index (χ2v) is 7.89. The summed E-state index contributed by atoms with van der Waals surface area (Å²) in [6, 6.07) is 6.30. The van der Waals surface area contributed by atoms with Crippen LogP contribution in [-0.4, -0.2) is 5.60 Å². The van der Waals surface area contributed by atoms with Gasteiger partial charge in [-0.25, -0.2) is 0 Å². The van der Waals surface area contributed by atoms with Crippen LogP contribution >= 0.6 is 15.9 Å². The van der Waals surface area contributed by atoms with Crippen LogP contribution in [0.2, 0.25) is 0 Å². The van der Waals surface area contributed by atoms with E-state index in [4.69, 9.17) is 10.5 Å². The first-order chi connectivity index (χ1) is 8.89. The molecule has 1 aliphatic heterocycles. The lowest BCUT2D eigenvalue weighted by atomic mass is 9.66. The van der Waals surface area contributed by atoms with Crippen LogP contribution in [0.15, 0.2) is 22.7 Å². The lowest BCUT2D eigenvalue weighted by molar-refractivity contribution is -0.0386. The highest BCUT2D eigenvalue weighted by Gasteiger charge is 2.45. The van der Waals surface area contributed by atoms with Crippen molar-refractivity contribution in [2.75, 3.05) is 0 Å². The highest BCUT2D eigenvalue weighted by atomic mass is 79.9. The molecule has 2 unspecified atom stereocenters. The molecule has 1 heterocycles. The standard InChI is InChI=1S/C16H22BrNO/c1-15(2)6-3-7-16(10-15)9-13(18)12-5-4-11(17)8-14(12)19-16/h4-5,8,13H,3,6-7,9-10,18H2,1-2H3. The zero-order chi connectivity index (χ0) is 13.7. The Labute approximate surface area is 123 Å². The molecule has 0 radical (unpaired) electrons. The maximum Gasteiger partial charge on any atom is 0.126 e. The molecule has 0 aromatic heterocycles. The number of benzene rings is 1. The molecule has 0 amide bonds. The van der Waals surface area contributed by atoms with E-state index in [1.807, 2.05) is 6.07 Å². The molecule has 104 valence electrons. The molecule has 1 fully saturated rings. The number of rotatable bonds is 0. The molecule has 1 aromatic carbocycles. The van der Waals surface area contributed by atoms with E-state index in [0.717, 1.165) is 35.0 Å². The van der Waals surface area contributed by atoms with Crippen LogP contribution in [0.3, 0.4) is 0 Å². The molecule has 3 heteroatoms. The zero-order valence-corrected chi connectivity index (χ0v) is 13.3. The van der Waals surface area contributed by atoms with Crippen LogP contribution in [0.5, 0.6) is 5.75 Å². The Morgan fingerprint density at radius 1 is 1.32 bits per heavy atom. The summed E-state index contributed by atoms with van der Waals surface area (Å²) in [5.74, 6) is 0.978. The number of nitrogens with two attached hydrogens (primary N) is 1. The Morgan fingerprint density at radius 3 is 2.84 bits per heavy atom. The lowest BCUT2D eigenvalue weighted by Crippen LogP contribution is -2.48. The van der Waals surface area contributed by atoms with Crippen LogP contribution in [0.1, 0.15) is 57.6 Å². The Kier molecular flexibility index (Phi) is 3.18. The third-order valence-corrected chi connectivity index (χ3v) is 5.07. The van der Waals surface area contributed by atoms with Gasteiger partial charge >= 0.3 is 0 Å². The fraction of sp³-hybridized carbons (Fsp3) is 0.625. The molecule has 3 rings (SSSR count). The summed E-state index contributed by atoms with van der Waals surface area (Å²) in [5, 5.41) is 0. The van der Waals surface area contributed by atoms with Crippen molar-refractivity contribution in [3.05, 3.63) is 28.2 Å². The monoisotopic (exact) mass is 323 g/mol. The first-order valence-electron chi connectivity index (χ1n) is 7.13. The molecule has 19 heavy (non-hydrogen) atoms. The number of fused-ring (bicyclic) bond motifs is 1. The van der Waals surface area contributed by atoms with Crippen LogP contribution < -0.4 is 10.5 Å². The van der Waals surface area contributed by atoms with E-state index in [1.54, 1.807) is 0 Å². The van der Waals surface area contributed by atoms with Crippen molar-refractivity contribution in [3.8, 4) is 5.75 Å². The van der Waals surface area contributed by atoms with Crippen LogP contribution in [0.25, 0.3) is 0 Å². The van der Waals surface area contributed by atoms with Gasteiger partial charge in [0.25, 0.3) is 0 Å². The van der Waals surface area contributed by atoms with E-state index in [0.29, 0.717) is 5.41 Å². The van der Waals surface area contributed by atoms with Crippen molar-refractivity contribution < 1.29 is 4.74 Å². The summed E-state index contributed by atoms with van der Waals surface area (Å²) >= 11 is 3.52. The Balaban J connectivity index is 1.95. The molecule has 0 saturated heterocycles. The van der Waals surface area contributed by atoms with E-state index in [-0.39, 0.29) is 11.6 Å². The van der Waals surface area contributed by atoms with E-state index in [9.17, 15) is 0 Å². The molecular formula is C16H22BrNO. The Bertz CT molecular complexity index is 500. The molecule has 1 saturated carbocycles. The zero-order valence-electron chi connectivity index (χ0n) is 11.7. The van der Waals surface area contributed by atoms with Gasteiger partial charge in [-0.1, -0.05) is 35.8 Å². The number of hydrogen-bond donors (Lipinski definition) is 1. The van der Waals surface area contributed by atoms with Crippen LogP contribution in [-0.2, 0) is 0 Å². The van der Waals surface area contributed by atoms with Gasteiger partial charge in [0.1, 0.15) is 11.4 Å². The molecule has 1 aliphatic carbocycles. The van der Waals surface area contributed by atoms with Crippen molar-refractivity contribution in [1.82, 2.24) is 0 Å². The molecule has 2 N–H and O–H groups in total. The van der Waals surface area contributed by atoms with Crippen molar-refractivity contribution >= 4 is 15.9 Å². The first kappa shape index (κ1) is 13.4. The van der Waals surface area contributed by atoms with Crippen molar-refractivity contribution in [1.29, 1.82) is 0 Å². The summed E-state index contributed by atoms with van der Waals surface area (Å²) in [7, 11) is 0. The summed E-state index contributed by atoms with van der Waals surface area (Å²) < 4.78 is 7.50. The molecule has 0 bridgehead atoms. The molecule has 2 nitrogen and oxygen atoms in total. The highest BCUT2D eigenvalue weighted by molar-refractivity contribution is 9.10. The summed E-state index contributed by atoms with van der Waals surface area (Å²) in [5.41, 5.74) is 7.86. The minimum atomic E-state index is -0.0467. The van der Waals surface area contributed by atoms with Crippen molar-refractivity contribution in [2.45, 2.75) is 57.6 Å². The number of halogens is 1.